The third kappa shape index (κ3) is 5.75. The highest BCUT2D eigenvalue weighted by atomic mass is 32.2. The molecule has 2 aliphatic rings. The van der Waals surface area contributed by atoms with E-state index in [0.29, 0.717) is 17.8 Å². The minimum absolute atomic E-state index is 0.145. The molecule has 28 heavy (non-hydrogen) atoms. The van der Waals surface area contributed by atoms with Gasteiger partial charge in [-0.15, -0.1) is 0 Å². The van der Waals surface area contributed by atoms with Gasteiger partial charge in [0.2, 0.25) is 10.0 Å². The molecule has 7 nitrogen and oxygen atoms in total. The summed E-state index contributed by atoms with van der Waals surface area (Å²) in [6.07, 6.45) is 6.34. The van der Waals surface area contributed by atoms with Crippen LogP contribution in [0, 0.1) is 5.92 Å². The van der Waals surface area contributed by atoms with Crippen LogP contribution in [0.4, 0.5) is 5.69 Å². The molecule has 1 saturated heterocycles. The van der Waals surface area contributed by atoms with Gasteiger partial charge in [0.25, 0.3) is 5.91 Å². The number of rotatable bonds is 7. The lowest BCUT2D eigenvalue weighted by atomic mass is 10.1. The summed E-state index contributed by atoms with van der Waals surface area (Å²) in [7, 11) is -3.43. The monoisotopic (exact) mass is 406 g/mol. The Labute approximate surface area is 165 Å². The lowest BCUT2D eigenvalue weighted by molar-refractivity contribution is -0.164. The van der Waals surface area contributed by atoms with E-state index in [1.165, 1.54) is 0 Å². The van der Waals surface area contributed by atoms with Gasteiger partial charge in [-0.1, -0.05) is 50.3 Å². The number of carbonyl (C=O) groups is 1. The minimum atomic E-state index is -3.43. The molecule has 2 N–H and O–H groups in total. The standard InChI is InChI=1S/C20H26N2O5S/c1-14(2)11-21-28(24,25)13-15-6-5-7-16(10-15)22-20(23)19-12-26-17-8-3-4-9-18(17)27-19/h3-10,14,17-19,21H,11-13H2,1-2H3,(H,22,23)/t17-,18+,19-/m0/s1. The van der Waals surface area contributed by atoms with Gasteiger partial charge in [-0.25, -0.2) is 13.1 Å². The second-order valence-corrected chi connectivity index (χ2v) is 9.15. The van der Waals surface area contributed by atoms with Gasteiger partial charge < -0.3 is 14.8 Å². The van der Waals surface area contributed by atoms with Crippen LogP contribution in [0.2, 0.25) is 0 Å². The Morgan fingerprint density at radius 2 is 1.96 bits per heavy atom. The molecule has 0 bridgehead atoms. The van der Waals surface area contributed by atoms with E-state index < -0.39 is 16.1 Å². The van der Waals surface area contributed by atoms with Crippen LogP contribution in [-0.4, -0.2) is 45.8 Å². The summed E-state index contributed by atoms with van der Waals surface area (Å²) in [4.78, 5) is 12.5. The van der Waals surface area contributed by atoms with Crippen molar-refractivity contribution in [2.45, 2.75) is 37.9 Å². The van der Waals surface area contributed by atoms with E-state index in [9.17, 15) is 13.2 Å². The van der Waals surface area contributed by atoms with Crippen LogP contribution in [-0.2, 0) is 30.0 Å². The van der Waals surface area contributed by atoms with E-state index in [2.05, 4.69) is 10.0 Å². The summed E-state index contributed by atoms with van der Waals surface area (Å²) in [5.74, 6) is -0.237. The minimum Gasteiger partial charge on any atom is -0.368 e. The normalized spacial score (nSPS) is 24.2. The molecule has 0 aromatic heterocycles. The van der Waals surface area contributed by atoms with Crippen LogP contribution in [0.5, 0.6) is 0 Å². The first kappa shape index (κ1) is 20.7. The summed E-state index contributed by atoms with van der Waals surface area (Å²) in [5.41, 5.74) is 1.11. The third-order valence-electron chi connectivity index (χ3n) is 4.35. The number of fused-ring (bicyclic) bond motifs is 1. The molecule has 0 radical (unpaired) electrons. The molecule has 0 saturated carbocycles. The van der Waals surface area contributed by atoms with E-state index in [1.54, 1.807) is 24.3 Å². The van der Waals surface area contributed by atoms with E-state index in [-0.39, 0.29) is 36.4 Å². The second-order valence-electron chi connectivity index (χ2n) is 7.35. The highest BCUT2D eigenvalue weighted by molar-refractivity contribution is 7.88. The molecule has 0 unspecified atom stereocenters. The summed E-state index contributed by atoms with van der Waals surface area (Å²) >= 11 is 0. The molecule has 1 aromatic rings. The van der Waals surface area contributed by atoms with Crippen molar-refractivity contribution in [1.29, 1.82) is 0 Å². The van der Waals surface area contributed by atoms with E-state index in [1.807, 2.05) is 38.2 Å². The lowest BCUT2D eigenvalue weighted by Gasteiger charge is -2.34. The predicted molar refractivity (Wildman–Crippen MR) is 107 cm³/mol. The SMILES string of the molecule is CC(C)CNS(=O)(=O)Cc1cccc(NC(=O)[C@@H]2CO[C@H]3C=CC=C[C@H]3O2)c1. The molecule has 3 atom stereocenters. The van der Waals surface area contributed by atoms with Crippen molar-refractivity contribution in [2.75, 3.05) is 18.5 Å². The Hall–Kier alpha value is -2.00. The molecule has 1 aliphatic carbocycles. The van der Waals surface area contributed by atoms with Crippen molar-refractivity contribution in [2.24, 2.45) is 5.92 Å². The Balaban J connectivity index is 1.59. The van der Waals surface area contributed by atoms with Gasteiger partial charge in [0.1, 0.15) is 12.2 Å². The Morgan fingerprint density at radius 3 is 2.71 bits per heavy atom. The molecule has 8 heteroatoms. The lowest BCUT2D eigenvalue weighted by Crippen LogP contribution is -2.47. The van der Waals surface area contributed by atoms with Crippen LogP contribution in [0.1, 0.15) is 19.4 Å². The Morgan fingerprint density at radius 1 is 1.21 bits per heavy atom. The van der Waals surface area contributed by atoms with Gasteiger partial charge >= 0.3 is 0 Å². The average molecular weight is 407 g/mol. The fourth-order valence-electron chi connectivity index (χ4n) is 2.93. The molecular weight excluding hydrogens is 380 g/mol. The van der Waals surface area contributed by atoms with Crippen LogP contribution < -0.4 is 10.0 Å². The maximum atomic E-state index is 12.5. The third-order valence-corrected chi connectivity index (χ3v) is 5.67. The van der Waals surface area contributed by atoms with Gasteiger partial charge in [0.05, 0.1) is 12.4 Å². The number of nitrogens with one attached hydrogen (secondary N) is 2. The second kappa shape index (κ2) is 9.00. The van der Waals surface area contributed by atoms with Crippen LogP contribution >= 0.6 is 0 Å². The molecular formula is C20H26N2O5S. The van der Waals surface area contributed by atoms with Crippen molar-refractivity contribution in [3.8, 4) is 0 Å². The van der Waals surface area contributed by atoms with E-state index >= 15 is 0 Å². The molecule has 3 rings (SSSR count). The van der Waals surface area contributed by atoms with E-state index in [4.69, 9.17) is 9.47 Å². The fraction of sp³-hybridized carbons (Fsp3) is 0.450. The number of hydrogen-bond acceptors (Lipinski definition) is 5. The van der Waals surface area contributed by atoms with Crippen molar-refractivity contribution in [1.82, 2.24) is 4.72 Å². The van der Waals surface area contributed by atoms with Crippen molar-refractivity contribution in [3.63, 3.8) is 0 Å². The zero-order valence-corrected chi connectivity index (χ0v) is 16.8. The molecule has 1 aliphatic heterocycles. The Kier molecular flexibility index (Phi) is 6.66. The fourth-order valence-corrected chi connectivity index (χ4v) is 4.24. The highest BCUT2D eigenvalue weighted by Gasteiger charge is 2.33. The van der Waals surface area contributed by atoms with Crippen LogP contribution in [0.25, 0.3) is 0 Å². The summed E-state index contributed by atoms with van der Waals surface area (Å²) in [6.45, 7) is 4.44. The molecule has 152 valence electrons. The largest absolute Gasteiger partial charge is 0.368 e. The highest BCUT2D eigenvalue weighted by Crippen LogP contribution is 2.21. The zero-order chi connectivity index (χ0) is 20.1. The van der Waals surface area contributed by atoms with Gasteiger partial charge in [-0.2, -0.15) is 0 Å². The Bertz CT molecular complexity index is 863. The van der Waals surface area contributed by atoms with Gasteiger partial charge in [0, 0.05) is 12.2 Å². The first-order valence-corrected chi connectivity index (χ1v) is 11.0. The smallest absolute Gasteiger partial charge is 0.255 e. The number of amides is 1. The number of anilines is 1. The molecule has 0 spiro atoms. The van der Waals surface area contributed by atoms with Gasteiger partial charge in [0.15, 0.2) is 6.10 Å². The number of benzene rings is 1. The number of sulfonamides is 1. The first-order valence-electron chi connectivity index (χ1n) is 9.31. The topological polar surface area (TPSA) is 93.7 Å². The number of ether oxygens (including phenoxy) is 2. The first-order chi connectivity index (χ1) is 13.3. The maximum Gasteiger partial charge on any atom is 0.255 e. The molecule has 1 aromatic carbocycles. The van der Waals surface area contributed by atoms with E-state index in [0.717, 1.165) is 0 Å². The van der Waals surface area contributed by atoms with Crippen LogP contribution in [0.15, 0.2) is 48.6 Å². The van der Waals surface area contributed by atoms with Gasteiger partial charge in [-0.3, -0.25) is 4.79 Å². The summed E-state index contributed by atoms with van der Waals surface area (Å²) in [5, 5.41) is 2.78. The predicted octanol–water partition coefficient (Wildman–Crippen LogP) is 1.98. The molecule has 1 amide bonds. The number of carbonyl (C=O) groups excluding carboxylic acids is 1. The zero-order valence-electron chi connectivity index (χ0n) is 16.0. The summed E-state index contributed by atoms with van der Waals surface area (Å²) in [6, 6.07) is 6.80. The van der Waals surface area contributed by atoms with Gasteiger partial charge in [-0.05, 0) is 23.6 Å². The number of allylic oxidation sites excluding steroid dienone is 2. The van der Waals surface area contributed by atoms with Crippen molar-refractivity contribution >= 4 is 21.6 Å². The van der Waals surface area contributed by atoms with Crippen molar-refractivity contribution < 1.29 is 22.7 Å². The number of hydrogen-bond donors (Lipinski definition) is 2. The molecule has 1 fully saturated rings. The quantitative estimate of drug-likeness (QED) is 0.722. The average Bonchev–Trinajstić information content (AvgIpc) is 2.66. The summed E-state index contributed by atoms with van der Waals surface area (Å²) < 4.78 is 38.4. The molecule has 1 heterocycles. The van der Waals surface area contributed by atoms with Crippen LogP contribution in [0.3, 0.4) is 0 Å². The maximum absolute atomic E-state index is 12.5. The van der Waals surface area contributed by atoms with Crippen molar-refractivity contribution in [3.05, 3.63) is 54.1 Å².